The van der Waals surface area contributed by atoms with Crippen LogP contribution in [-0.2, 0) is 12.8 Å². The molecule has 1 fully saturated rings. The first-order valence-corrected chi connectivity index (χ1v) is 8.28. The molecule has 112 valence electrons. The minimum absolute atomic E-state index is 0. The quantitative estimate of drug-likeness (QED) is 0.824. The van der Waals surface area contributed by atoms with Crippen molar-refractivity contribution in [1.82, 2.24) is 10.6 Å². The molecule has 5 heteroatoms. The van der Waals surface area contributed by atoms with E-state index in [9.17, 15) is 4.79 Å². The van der Waals surface area contributed by atoms with E-state index in [1.807, 2.05) is 0 Å². The molecule has 2 aliphatic rings. The van der Waals surface area contributed by atoms with Gasteiger partial charge >= 0.3 is 0 Å². The fourth-order valence-electron chi connectivity index (χ4n) is 3.01. The lowest BCUT2D eigenvalue weighted by Crippen LogP contribution is -2.45. The number of carbonyl (C=O) groups is 1. The third-order valence-corrected chi connectivity index (χ3v) is 5.34. The van der Waals surface area contributed by atoms with E-state index in [0.29, 0.717) is 6.04 Å². The maximum atomic E-state index is 12.3. The molecule has 0 spiro atoms. The fraction of sp³-hybridized carbons (Fsp3) is 0.667. The van der Waals surface area contributed by atoms with Crippen molar-refractivity contribution in [3.8, 4) is 0 Å². The summed E-state index contributed by atoms with van der Waals surface area (Å²) in [5.74, 6) is 0.131. The van der Waals surface area contributed by atoms with Gasteiger partial charge in [0.1, 0.15) is 0 Å². The van der Waals surface area contributed by atoms with Crippen molar-refractivity contribution in [2.75, 3.05) is 13.1 Å². The molecule has 0 bridgehead atoms. The number of rotatable bonds is 2. The predicted molar refractivity (Wildman–Crippen MR) is 86.2 cm³/mol. The number of nitrogens with one attached hydrogen (secondary N) is 2. The molecule has 0 unspecified atom stereocenters. The second kappa shape index (κ2) is 7.43. The lowest BCUT2D eigenvalue weighted by atomic mass is 10.1. The Hall–Kier alpha value is -0.580. The summed E-state index contributed by atoms with van der Waals surface area (Å²) in [6.07, 6.45) is 8.47. The Morgan fingerprint density at radius 1 is 1.25 bits per heavy atom. The number of fused-ring (bicyclic) bond motifs is 1. The van der Waals surface area contributed by atoms with Crippen molar-refractivity contribution in [3.63, 3.8) is 0 Å². The summed E-state index contributed by atoms with van der Waals surface area (Å²) in [5.41, 5.74) is 1.43. The van der Waals surface area contributed by atoms with Gasteiger partial charge in [-0.15, -0.1) is 23.7 Å². The molecule has 1 aromatic rings. The molecule has 1 atom stereocenters. The number of hydrogen-bond donors (Lipinski definition) is 2. The SMILES string of the molecule is Cl.O=C(N[C@@H]1CCCNC1)c1cc2c(s1)CCCCC2. The van der Waals surface area contributed by atoms with Gasteiger partial charge in [-0.25, -0.2) is 0 Å². The Morgan fingerprint density at radius 3 is 2.90 bits per heavy atom. The minimum atomic E-state index is 0. The van der Waals surface area contributed by atoms with Crippen molar-refractivity contribution in [3.05, 3.63) is 21.4 Å². The first-order valence-electron chi connectivity index (χ1n) is 7.46. The second-order valence-corrected chi connectivity index (χ2v) is 6.77. The van der Waals surface area contributed by atoms with Crippen LogP contribution >= 0.6 is 23.7 Å². The van der Waals surface area contributed by atoms with Gasteiger partial charge in [0.15, 0.2) is 0 Å². The Kier molecular flexibility index (Phi) is 5.87. The van der Waals surface area contributed by atoms with Gasteiger partial charge < -0.3 is 10.6 Å². The van der Waals surface area contributed by atoms with Gasteiger partial charge in [-0.2, -0.15) is 0 Å². The minimum Gasteiger partial charge on any atom is -0.347 e. The molecule has 2 heterocycles. The van der Waals surface area contributed by atoms with Crippen molar-refractivity contribution in [2.45, 2.75) is 51.0 Å². The van der Waals surface area contributed by atoms with E-state index in [1.54, 1.807) is 11.3 Å². The van der Waals surface area contributed by atoms with Crippen LogP contribution in [0.1, 0.15) is 52.2 Å². The third kappa shape index (κ3) is 3.74. The molecule has 1 aliphatic carbocycles. The summed E-state index contributed by atoms with van der Waals surface area (Å²) in [5, 5.41) is 6.51. The van der Waals surface area contributed by atoms with E-state index in [0.717, 1.165) is 43.6 Å². The normalized spacial score (nSPS) is 22.3. The summed E-state index contributed by atoms with van der Waals surface area (Å²) in [7, 11) is 0. The Labute approximate surface area is 130 Å². The first kappa shape index (κ1) is 15.8. The van der Waals surface area contributed by atoms with Crippen molar-refractivity contribution in [1.29, 1.82) is 0 Å². The molecule has 1 saturated heterocycles. The van der Waals surface area contributed by atoms with Crippen LogP contribution in [0, 0.1) is 0 Å². The zero-order chi connectivity index (χ0) is 13.1. The summed E-state index contributed by atoms with van der Waals surface area (Å²) < 4.78 is 0. The molecule has 2 N–H and O–H groups in total. The van der Waals surface area contributed by atoms with Crippen LogP contribution in [0.5, 0.6) is 0 Å². The third-order valence-electron chi connectivity index (χ3n) is 4.10. The van der Waals surface area contributed by atoms with Gasteiger partial charge in [-0.1, -0.05) is 6.42 Å². The van der Waals surface area contributed by atoms with Crippen LogP contribution in [0.25, 0.3) is 0 Å². The number of carbonyl (C=O) groups excluding carboxylic acids is 1. The topological polar surface area (TPSA) is 41.1 Å². The van der Waals surface area contributed by atoms with Gasteiger partial charge in [0.2, 0.25) is 0 Å². The zero-order valence-corrected chi connectivity index (χ0v) is 13.4. The molecule has 20 heavy (non-hydrogen) atoms. The number of piperidine rings is 1. The van der Waals surface area contributed by atoms with Crippen LogP contribution in [-0.4, -0.2) is 25.0 Å². The van der Waals surface area contributed by atoms with E-state index < -0.39 is 0 Å². The number of hydrogen-bond acceptors (Lipinski definition) is 3. The molecule has 1 amide bonds. The smallest absolute Gasteiger partial charge is 0.261 e. The van der Waals surface area contributed by atoms with E-state index in [1.165, 1.54) is 29.7 Å². The molecular weight excluding hydrogens is 292 g/mol. The average molecular weight is 315 g/mol. The lowest BCUT2D eigenvalue weighted by molar-refractivity contribution is 0.0934. The Morgan fingerprint density at radius 2 is 2.10 bits per heavy atom. The maximum absolute atomic E-state index is 12.3. The summed E-state index contributed by atoms with van der Waals surface area (Å²) in [6.45, 7) is 2.00. The highest BCUT2D eigenvalue weighted by atomic mass is 35.5. The predicted octanol–water partition coefficient (Wildman–Crippen LogP) is 2.92. The molecule has 0 aromatic carbocycles. The number of aryl methyl sites for hydroxylation is 2. The van der Waals surface area contributed by atoms with Gasteiger partial charge in [0.05, 0.1) is 4.88 Å². The number of halogens is 1. The van der Waals surface area contributed by atoms with Crippen LogP contribution in [0.15, 0.2) is 6.07 Å². The molecule has 3 nitrogen and oxygen atoms in total. The fourth-order valence-corrected chi connectivity index (χ4v) is 4.17. The monoisotopic (exact) mass is 314 g/mol. The molecule has 1 aromatic heterocycles. The highest BCUT2D eigenvalue weighted by molar-refractivity contribution is 7.14. The van der Waals surface area contributed by atoms with Crippen molar-refractivity contribution in [2.24, 2.45) is 0 Å². The van der Waals surface area contributed by atoms with Gasteiger partial charge in [0, 0.05) is 17.5 Å². The standard InChI is InChI=1S/C15H22N2OS.ClH/c18-15(17-12-6-4-8-16-10-12)14-9-11-5-2-1-3-7-13(11)19-14;/h9,12,16H,1-8,10H2,(H,17,18);1H/t12-;/m1./s1. The Bertz CT molecular complexity index is 431. The molecular formula is C15H23ClN2OS. The average Bonchev–Trinajstić information content (AvgIpc) is 2.72. The largest absolute Gasteiger partial charge is 0.347 e. The van der Waals surface area contributed by atoms with Crippen LogP contribution in [0.2, 0.25) is 0 Å². The summed E-state index contributed by atoms with van der Waals surface area (Å²) in [6, 6.07) is 2.44. The second-order valence-electron chi connectivity index (χ2n) is 5.64. The van der Waals surface area contributed by atoms with Gasteiger partial charge in [-0.05, 0) is 56.7 Å². The van der Waals surface area contributed by atoms with Crippen molar-refractivity contribution >= 4 is 29.7 Å². The highest BCUT2D eigenvalue weighted by Gasteiger charge is 2.20. The lowest BCUT2D eigenvalue weighted by Gasteiger charge is -2.23. The van der Waals surface area contributed by atoms with Crippen molar-refractivity contribution < 1.29 is 4.79 Å². The highest BCUT2D eigenvalue weighted by Crippen LogP contribution is 2.29. The maximum Gasteiger partial charge on any atom is 0.261 e. The van der Waals surface area contributed by atoms with E-state index in [-0.39, 0.29) is 18.3 Å². The van der Waals surface area contributed by atoms with E-state index in [2.05, 4.69) is 16.7 Å². The van der Waals surface area contributed by atoms with Crippen LogP contribution in [0.4, 0.5) is 0 Å². The zero-order valence-electron chi connectivity index (χ0n) is 11.7. The van der Waals surface area contributed by atoms with E-state index >= 15 is 0 Å². The van der Waals surface area contributed by atoms with E-state index in [4.69, 9.17) is 0 Å². The number of thiophene rings is 1. The van der Waals surface area contributed by atoms with Gasteiger partial charge in [-0.3, -0.25) is 4.79 Å². The van der Waals surface area contributed by atoms with Crippen LogP contribution < -0.4 is 10.6 Å². The summed E-state index contributed by atoms with van der Waals surface area (Å²) >= 11 is 1.71. The molecule has 3 rings (SSSR count). The summed E-state index contributed by atoms with van der Waals surface area (Å²) in [4.78, 5) is 14.7. The number of amides is 1. The Balaban J connectivity index is 0.00000147. The van der Waals surface area contributed by atoms with Crippen LogP contribution in [0.3, 0.4) is 0 Å². The first-order chi connectivity index (χ1) is 9.33. The molecule has 0 radical (unpaired) electrons. The molecule has 0 saturated carbocycles. The molecule has 1 aliphatic heterocycles. The van der Waals surface area contributed by atoms with Gasteiger partial charge in [0.25, 0.3) is 5.91 Å².